The number of hydrogen-bond acceptors (Lipinski definition) is 4. The SMILES string of the molecule is COCCN(C)C(=O)c1cc(F)c(F)cc1S(N)(=O)=O. The van der Waals surface area contributed by atoms with Gasteiger partial charge in [-0.25, -0.2) is 22.3 Å². The molecular formula is C11H14F2N2O4S. The van der Waals surface area contributed by atoms with Crippen LogP contribution in [0, 0.1) is 11.6 Å². The zero-order valence-electron chi connectivity index (χ0n) is 10.9. The molecule has 0 aliphatic rings. The number of methoxy groups -OCH3 is 1. The Hall–Kier alpha value is -1.58. The molecule has 0 atom stereocenters. The predicted molar refractivity (Wildman–Crippen MR) is 66.6 cm³/mol. The maximum Gasteiger partial charge on any atom is 0.255 e. The number of nitrogens with two attached hydrogens (primary N) is 1. The van der Waals surface area contributed by atoms with E-state index in [1.54, 1.807) is 0 Å². The maximum absolute atomic E-state index is 13.2. The van der Waals surface area contributed by atoms with Gasteiger partial charge in [0.05, 0.1) is 17.1 Å². The number of sulfonamides is 1. The number of benzene rings is 1. The lowest BCUT2D eigenvalue weighted by molar-refractivity contribution is 0.0740. The lowest BCUT2D eigenvalue weighted by Crippen LogP contribution is -2.32. The van der Waals surface area contributed by atoms with E-state index in [1.807, 2.05) is 0 Å². The van der Waals surface area contributed by atoms with Crippen LogP contribution in [0.15, 0.2) is 17.0 Å². The number of primary sulfonamides is 1. The van der Waals surface area contributed by atoms with Crippen LogP contribution < -0.4 is 5.14 Å². The van der Waals surface area contributed by atoms with Crippen LogP contribution in [0.1, 0.15) is 10.4 Å². The van der Waals surface area contributed by atoms with E-state index < -0.39 is 38.0 Å². The number of nitrogens with zero attached hydrogens (tertiary/aromatic N) is 1. The van der Waals surface area contributed by atoms with Gasteiger partial charge in [0.25, 0.3) is 5.91 Å². The lowest BCUT2D eigenvalue weighted by atomic mass is 10.2. The molecule has 112 valence electrons. The Morgan fingerprint density at radius 3 is 2.40 bits per heavy atom. The minimum Gasteiger partial charge on any atom is -0.383 e. The summed E-state index contributed by atoms with van der Waals surface area (Å²) in [5.41, 5.74) is -0.523. The first-order valence-corrected chi connectivity index (χ1v) is 6.99. The molecule has 6 nitrogen and oxygen atoms in total. The standard InChI is InChI=1S/C11H14F2N2O4S/c1-15(3-4-19-2)11(16)7-5-8(12)9(13)6-10(7)20(14,17)18/h5-6H,3-4H2,1-2H3,(H2,14,17,18). The van der Waals surface area contributed by atoms with E-state index in [1.165, 1.54) is 14.2 Å². The number of ether oxygens (including phenoxy) is 1. The van der Waals surface area contributed by atoms with Crippen molar-refractivity contribution in [1.82, 2.24) is 4.90 Å². The number of amides is 1. The Kier molecular flexibility index (Phi) is 5.15. The molecule has 0 aromatic heterocycles. The van der Waals surface area contributed by atoms with Crippen LogP contribution in [-0.2, 0) is 14.8 Å². The molecule has 0 radical (unpaired) electrons. The minimum atomic E-state index is -4.36. The maximum atomic E-state index is 13.2. The number of carbonyl (C=O) groups excluding carboxylic acids is 1. The van der Waals surface area contributed by atoms with Gasteiger partial charge in [-0.3, -0.25) is 4.79 Å². The highest BCUT2D eigenvalue weighted by molar-refractivity contribution is 7.89. The second-order valence-corrected chi connectivity index (χ2v) is 5.56. The monoisotopic (exact) mass is 308 g/mol. The molecule has 0 unspecified atom stereocenters. The van der Waals surface area contributed by atoms with E-state index in [9.17, 15) is 22.0 Å². The molecule has 0 saturated heterocycles. The van der Waals surface area contributed by atoms with Crippen molar-refractivity contribution in [2.75, 3.05) is 27.3 Å². The summed E-state index contributed by atoms with van der Waals surface area (Å²) in [6.45, 7) is 0.356. The Morgan fingerprint density at radius 2 is 1.90 bits per heavy atom. The third kappa shape index (κ3) is 3.71. The molecule has 1 aromatic carbocycles. The Labute approximate surface area is 115 Å². The van der Waals surface area contributed by atoms with Gasteiger partial charge in [-0.2, -0.15) is 0 Å². The van der Waals surface area contributed by atoms with Crippen molar-refractivity contribution in [3.05, 3.63) is 29.3 Å². The molecule has 0 saturated carbocycles. The molecule has 20 heavy (non-hydrogen) atoms. The van der Waals surface area contributed by atoms with Crippen LogP contribution in [0.25, 0.3) is 0 Å². The fraction of sp³-hybridized carbons (Fsp3) is 0.364. The molecule has 0 bridgehead atoms. The van der Waals surface area contributed by atoms with Crippen molar-refractivity contribution >= 4 is 15.9 Å². The number of likely N-dealkylation sites (N-methyl/N-ethyl adjacent to an activating group) is 1. The van der Waals surface area contributed by atoms with Gasteiger partial charge in [0.1, 0.15) is 0 Å². The Bertz CT molecular complexity index is 619. The summed E-state index contributed by atoms with van der Waals surface area (Å²) < 4.78 is 53.8. The average Bonchev–Trinajstić information content (AvgIpc) is 2.36. The summed E-state index contributed by atoms with van der Waals surface area (Å²) in [6, 6.07) is 0.906. The number of halogens is 2. The molecule has 1 amide bonds. The third-order valence-corrected chi connectivity index (χ3v) is 3.49. The molecular weight excluding hydrogens is 294 g/mol. The molecule has 1 aromatic rings. The van der Waals surface area contributed by atoms with Gasteiger partial charge in [0, 0.05) is 20.7 Å². The van der Waals surface area contributed by atoms with E-state index in [2.05, 4.69) is 0 Å². The normalized spacial score (nSPS) is 11.4. The van der Waals surface area contributed by atoms with Crippen LogP contribution in [0.5, 0.6) is 0 Å². The summed E-state index contributed by atoms with van der Waals surface area (Å²) in [7, 11) is -1.56. The van der Waals surface area contributed by atoms with Crippen LogP contribution in [0.2, 0.25) is 0 Å². The van der Waals surface area contributed by atoms with Crippen molar-refractivity contribution in [3.8, 4) is 0 Å². The van der Waals surface area contributed by atoms with Gasteiger partial charge in [0.2, 0.25) is 10.0 Å². The van der Waals surface area contributed by atoms with Crippen LogP contribution in [-0.4, -0.2) is 46.5 Å². The lowest BCUT2D eigenvalue weighted by Gasteiger charge is -2.18. The van der Waals surface area contributed by atoms with Crippen molar-refractivity contribution in [2.45, 2.75) is 4.90 Å². The highest BCUT2D eigenvalue weighted by Gasteiger charge is 2.24. The second-order valence-electron chi connectivity index (χ2n) is 4.03. The summed E-state index contributed by atoms with van der Waals surface area (Å²) in [5, 5.41) is 4.90. The van der Waals surface area contributed by atoms with E-state index >= 15 is 0 Å². The first-order chi connectivity index (χ1) is 9.18. The average molecular weight is 308 g/mol. The summed E-state index contributed by atoms with van der Waals surface area (Å²) in [4.78, 5) is 12.4. The van der Waals surface area contributed by atoms with Gasteiger partial charge >= 0.3 is 0 Å². The summed E-state index contributed by atoms with van der Waals surface area (Å²) >= 11 is 0. The Morgan fingerprint density at radius 1 is 1.35 bits per heavy atom. The molecule has 1 rings (SSSR count). The molecule has 9 heteroatoms. The third-order valence-electron chi connectivity index (χ3n) is 2.54. The van der Waals surface area contributed by atoms with Crippen LogP contribution in [0.4, 0.5) is 8.78 Å². The first kappa shape index (κ1) is 16.5. The topological polar surface area (TPSA) is 89.7 Å². The van der Waals surface area contributed by atoms with Gasteiger partial charge in [-0.05, 0) is 12.1 Å². The van der Waals surface area contributed by atoms with E-state index in [0.717, 1.165) is 4.90 Å². The van der Waals surface area contributed by atoms with Crippen LogP contribution in [0.3, 0.4) is 0 Å². The van der Waals surface area contributed by atoms with E-state index in [0.29, 0.717) is 12.1 Å². The van der Waals surface area contributed by atoms with Crippen molar-refractivity contribution in [2.24, 2.45) is 5.14 Å². The fourth-order valence-corrected chi connectivity index (χ4v) is 2.19. The molecule has 0 heterocycles. The molecule has 0 fully saturated rings. The molecule has 2 N–H and O–H groups in total. The highest BCUT2D eigenvalue weighted by atomic mass is 32.2. The van der Waals surface area contributed by atoms with Gasteiger partial charge in [-0.15, -0.1) is 0 Å². The van der Waals surface area contributed by atoms with Gasteiger partial charge in [-0.1, -0.05) is 0 Å². The van der Waals surface area contributed by atoms with Crippen molar-refractivity contribution in [1.29, 1.82) is 0 Å². The predicted octanol–water partition coefficient (Wildman–Crippen LogP) is 0.331. The zero-order chi connectivity index (χ0) is 15.5. The fourth-order valence-electron chi connectivity index (χ4n) is 1.47. The number of hydrogen-bond donors (Lipinski definition) is 1. The van der Waals surface area contributed by atoms with E-state index in [-0.39, 0.29) is 13.2 Å². The molecule has 0 aliphatic heterocycles. The minimum absolute atomic E-state index is 0.151. The quantitative estimate of drug-likeness (QED) is 0.849. The summed E-state index contributed by atoms with van der Waals surface area (Å²) in [6.07, 6.45) is 0. The van der Waals surface area contributed by atoms with Gasteiger partial charge < -0.3 is 9.64 Å². The van der Waals surface area contributed by atoms with Crippen molar-refractivity contribution < 1.29 is 26.7 Å². The van der Waals surface area contributed by atoms with Crippen LogP contribution >= 0.6 is 0 Å². The number of rotatable bonds is 5. The number of carbonyl (C=O) groups is 1. The smallest absolute Gasteiger partial charge is 0.255 e. The molecule has 0 spiro atoms. The van der Waals surface area contributed by atoms with Gasteiger partial charge in [0.15, 0.2) is 11.6 Å². The first-order valence-electron chi connectivity index (χ1n) is 5.44. The second kappa shape index (κ2) is 6.25. The zero-order valence-corrected chi connectivity index (χ0v) is 11.7. The van der Waals surface area contributed by atoms with Crippen molar-refractivity contribution in [3.63, 3.8) is 0 Å². The summed E-state index contributed by atoms with van der Waals surface area (Å²) in [5.74, 6) is -3.53. The Balaban J connectivity index is 3.29. The van der Waals surface area contributed by atoms with E-state index in [4.69, 9.17) is 9.88 Å². The molecule has 0 aliphatic carbocycles. The highest BCUT2D eigenvalue weighted by Crippen LogP contribution is 2.20. The largest absolute Gasteiger partial charge is 0.383 e.